The molecule has 1 aliphatic carbocycles. The second-order valence-electron chi connectivity index (χ2n) is 4.97. The second-order valence-corrected chi connectivity index (χ2v) is 4.97. The molecule has 1 aliphatic rings. The molecule has 98 valence electrons. The summed E-state index contributed by atoms with van der Waals surface area (Å²) in [7, 11) is 0. The zero-order chi connectivity index (χ0) is 13.0. The number of hydrogen-bond acceptors (Lipinski definition) is 2. The van der Waals surface area contributed by atoms with Gasteiger partial charge in [-0.3, -0.25) is 4.79 Å². The van der Waals surface area contributed by atoms with Crippen molar-refractivity contribution in [2.75, 3.05) is 19.6 Å². The number of hydrogen-bond donors (Lipinski definition) is 1. The predicted octanol–water partition coefficient (Wildman–Crippen LogP) is 1.63. The highest BCUT2D eigenvalue weighted by molar-refractivity contribution is 5.80. The molecule has 2 amide bonds. The van der Waals surface area contributed by atoms with Crippen molar-refractivity contribution >= 4 is 12.0 Å². The van der Waals surface area contributed by atoms with Crippen LogP contribution in [0.3, 0.4) is 0 Å². The maximum atomic E-state index is 12.2. The van der Waals surface area contributed by atoms with Gasteiger partial charge in [0.1, 0.15) is 6.54 Å². The van der Waals surface area contributed by atoms with Gasteiger partial charge in [0.15, 0.2) is 0 Å². The van der Waals surface area contributed by atoms with Gasteiger partial charge in [0.05, 0.1) is 0 Å². The van der Waals surface area contributed by atoms with E-state index in [9.17, 15) is 9.59 Å². The molecule has 1 rings (SSSR count). The van der Waals surface area contributed by atoms with Gasteiger partial charge in [0, 0.05) is 19.1 Å². The van der Waals surface area contributed by atoms with Gasteiger partial charge in [-0.05, 0) is 25.7 Å². The summed E-state index contributed by atoms with van der Waals surface area (Å²) < 4.78 is 0. The van der Waals surface area contributed by atoms with Crippen LogP contribution in [-0.2, 0) is 4.79 Å². The first-order valence-electron chi connectivity index (χ1n) is 6.23. The van der Waals surface area contributed by atoms with E-state index in [1.807, 2.05) is 6.92 Å². The monoisotopic (exact) mass is 242 g/mol. The molecule has 5 heteroatoms. The predicted molar refractivity (Wildman–Crippen MR) is 64.8 cm³/mol. The van der Waals surface area contributed by atoms with E-state index in [2.05, 4.69) is 13.8 Å². The van der Waals surface area contributed by atoms with Gasteiger partial charge in [-0.2, -0.15) is 0 Å². The van der Waals surface area contributed by atoms with Crippen molar-refractivity contribution in [2.24, 2.45) is 5.92 Å². The van der Waals surface area contributed by atoms with Gasteiger partial charge < -0.3 is 14.9 Å². The van der Waals surface area contributed by atoms with Crippen LogP contribution in [0.15, 0.2) is 0 Å². The Hall–Kier alpha value is -1.26. The first-order valence-corrected chi connectivity index (χ1v) is 6.23. The van der Waals surface area contributed by atoms with Gasteiger partial charge in [-0.1, -0.05) is 13.8 Å². The molecule has 0 saturated heterocycles. The fraction of sp³-hybridized carbons (Fsp3) is 0.833. The van der Waals surface area contributed by atoms with Gasteiger partial charge in [-0.15, -0.1) is 0 Å². The second kappa shape index (κ2) is 5.89. The van der Waals surface area contributed by atoms with Gasteiger partial charge in [0.2, 0.25) is 0 Å². The highest BCUT2D eigenvalue weighted by Gasteiger charge is 2.35. The summed E-state index contributed by atoms with van der Waals surface area (Å²) in [6.07, 6.45) is 1.86. The third kappa shape index (κ3) is 4.24. The quantitative estimate of drug-likeness (QED) is 0.770. The highest BCUT2D eigenvalue weighted by Crippen LogP contribution is 2.27. The van der Waals surface area contributed by atoms with E-state index in [0.29, 0.717) is 19.0 Å². The minimum absolute atomic E-state index is 0.133. The van der Waals surface area contributed by atoms with Crippen molar-refractivity contribution < 1.29 is 14.7 Å². The van der Waals surface area contributed by atoms with E-state index in [-0.39, 0.29) is 18.6 Å². The highest BCUT2D eigenvalue weighted by atomic mass is 16.4. The lowest BCUT2D eigenvalue weighted by molar-refractivity contribution is -0.137. The number of aliphatic carboxylic acids is 1. The summed E-state index contributed by atoms with van der Waals surface area (Å²) >= 11 is 0. The largest absolute Gasteiger partial charge is 0.480 e. The molecule has 0 atom stereocenters. The standard InChI is InChI=1S/C12H22N2O3/c1-4-13(7-9(2)3)12(17)14(8-11(15)16)10-5-6-10/h9-10H,4-8H2,1-3H3,(H,15,16). The lowest BCUT2D eigenvalue weighted by Gasteiger charge is -2.30. The van der Waals surface area contributed by atoms with Gasteiger partial charge in [0.25, 0.3) is 0 Å². The van der Waals surface area contributed by atoms with Gasteiger partial charge >= 0.3 is 12.0 Å². The Morgan fingerprint density at radius 2 is 1.94 bits per heavy atom. The van der Waals surface area contributed by atoms with Crippen molar-refractivity contribution in [1.82, 2.24) is 9.80 Å². The Labute approximate surface area is 102 Å². The Kier molecular flexibility index (Phi) is 4.78. The van der Waals surface area contributed by atoms with Crippen molar-refractivity contribution in [3.8, 4) is 0 Å². The molecule has 0 aromatic heterocycles. The molecular formula is C12H22N2O3. The Morgan fingerprint density at radius 3 is 2.29 bits per heavy atom. The molecule has 0 radical (unpaired) electrons. The summed E-state index contributed by atoms with van der Waals surface area (Å²) in [6.45, 7) is 7.14. The minimum atomic E-state index is -0.939. The summed E-state index contributed by atoms with van der Waals surface area (Å²) in [6, 6.07) is 0.00547. The van der Waals surface area contributed by atoms with Crippen LogP contribution in [0.4, 0.5) is 4.79 Å². The Bertz CT molecular complexity index is 287. The fourth-order valence-corrected chi connectivity index (χ4v) is 1.85. The van der Waals surface area contributed by atoms with Crippen LogP contribution in [0, 0.1) is 5.92 Å². The smallest absolute Gasteiger partial charge is 0.323 e. The number of carboxylic acids is 1. The number of carbonyl (C=O) groups is 2. The van der Waals surface area contributed by atoms with Crippen LogP contribution < -0.4 is 0 Å². The van der Waals surface area contributed by atoms with E-state index in [0.717, 1.165) is 12.8 Å². The number of carboxylic acid groups (broad SMARTS) is 1. The van der Waals surface area contributed by atoms with E-state index in [1.54, 1.807) is 4.90 Å². The summed E-state index contributed by atoms with van der Waals surface area (Å²) in [5, 5.41) is 8.83. The molecule has 0 spiro atoms. The number of rotatable bonds is 6. The maximum absolute atomic E-state index is 12.2. The van der Waals surface area contributed by atoms with Crippen LogP contribution in [-0.4, -0.2) is 52.6 Å². The lowest BCUT2D eigenvalue weighted by atomic mass is 10.2. The molecule has 5 nitrogen and oxygen atoms in total. The van der Waals surface area contributed by atoms with Crippen LogP contribution in [0.2, 0.25) is 0 Å². The number of carbonyl (C=O) groups excluding carboxylic acids is 1. The summed E-state index contributed by atoms with van der Waals surface area (Å²) in [5.74, 6) is -0.546. The van der Waals surface area contributed by atoms with E-state index in [4.69, 9.17) is 5.11 Å². The molecule has 0 aromatic carbocycles. The van der Waals surface area contributed by atoms with E-state index in [1.165, 1.54) is 4.90 Å². The van der Waals surface area contributed by atoms with Crippen molar-refractivity contribution in [3.05, 3.63) is 0 Å². The van der Waals surface area contributed by atoms with Crippen molar-refractivity contribution in [3.63, 3.8) is 0 Å². The Balaban J connectivity index is 2.64. The average molecular weight is 242 g/mol. The average Bonchev–Trinajstić information content (AvgIpc) is 3.04. The van der Waals surface area contributed by atoms with Crippen LogP contribution in [0.5, 0.6) is 0 Å². The van der Waals surface area contributed by atoms with Crippen LogP contribution in [0.1, 0.15) is 33.6 Å². The molecular weight excluding hydrogens is 220 g/mol. The van der Waals surface area contributed by atoms with Crippen LogP contribution >= 0.6 is 0 Å². The number of amides is 2. The van der Waals surface area contributed by atoms with E-state index >= 15 is 0 Å². The zero-order valence-electron chi connectivity index (χ0n) is 10.8. The SMILES string of the molecule is CCN(CC(C)C)C(=O)N(CC(=O)O)C1CC1. The molecule has 1 saturated carbocycles. The summed E-state index contributed by atoms with van der Waals surface area (Å²) in [4.78, 5) is 26.2. The van der Waals surface area contributed by atoms with E-state index < -0.39 is 5.97 Å². The molecule has 0 bridgehead atoms. The molecule has 0 aliphatic heterocycles. The Morgan fingerprint density at radius 1 is 1.35 bits per heavy atom. The topological polar surface area (TPSA) is 60.9 Å². The number of nitrogens with zero attached hydrogens (tertiary/aromatic N) is 2. The first kappa shape index (κ1) is 13.8. The minimum Gasteiger partial charge on any atom is -0.480 e. The fourth-order valence-electron chi connectivity index (χ4n) is 1.85. The molecule has 0 unspecified atom stereocenters. The molecule has 1 N–H and O–H groups in total. The maximum Gasteiger partial charge on any atom is 0.323 e. The molecule has 0 heterocycles. The first-order chi connectivity index (χ1) is 7.95. The normalized spacial score (nSPS) is 14.8. The van der Waals surface area contributed by atoms with Crippen molar-refractivity contribution in [1.29, 1.82) is 0 Å². The summed E-state index contributed by atoms with van der Waals surface area (Å²) in [5.41, 5.74) is 0. The van der Waals surface area contributed by atoms with Crippen molar-refractivity contribution in [2.45, 2.75) is 39.7 Å². The molecule has 1 fully saturated rings. The number of urea groups is 1. The third-order valence-corrected chi connectivity index (χ3v) is 2.78. The lowest BCUT2D eigenvalue weighted by Crippen LogP contribution is -2.47. The van der Waals surface area contributed by atoms with Crippen LogP contribution in [0.25, 0.3) is 0 Å². The molecule has 0 aromatic rings. The molecule has 17 heavy (non-hydrogen) atoms. The zero-order valence-corrected chi connectivity index (χ0v) is 10.8. The third-order valence-electron chi connectivity index (χ3n) is 2.78. The van der Waals surface area contributed by atoms with Gasteiger partial charge in [-0.25, -0.2) is 4.79 Å².